The third kappa shape index (κ3) is 5.61. The molecule has 0 heterocycles. The molecule has 1 rings (SSSR count). The van der Waals surface area contributed by atoms with E-state index in [4.69, 9.17) is 11.6 Å². The number of halogens is 2. The maximum absolute atomic E-state index is 13.0. The molecule has 0 fully saturated rings. The quantitative estimate of drug-likeness (QED) is 0.841. The van der Waals surface area contributed by atoms with Crippen LogP contribution in [0, 0.1) is 5.82 Å². The zero-order chi connectivity index (χ0) is 16.9. The van der Waals surface area contributed by atoms with Gasteiger partial charge in [0, 0.05) is 6.04 Å². The summed E-state index contributed by atoms with van der Waals surface area (Å²) in [5.74, 6) is -0.955. The fourth-order valence-corrected chi connectivity index (χ4v) is 1.97. The number of carbonyl (C=O) groups excluding carboxylic acids is 2. The molecular formula is C15H21ClFN3O2. The summed E-state index contributed by atoms with van der Waals surface area (Å²) >= 11 is 5.87. The summed E-state index contributed by atoms with van der Waals surface area (Å²) in [6.45, 7) is 5.51. The van der Waals surface area contributed by atoms with Gasteiger partial charge in [-0.3, -0.25) is 14.5 Å². The Morgan fingerprint density at radius 1 is 1.32 bits per heavy atom. The number of amides is 2. The van der Waals surface area contributed by atoms with Gasteiger partial charge in [-0.05, 0) is 46.0 Å². The van der Waals surface area contributed by atoms with Gasteiger partial charge in [0.1, 0.15) is 5.82 Å². The minimum atomic E-state index is -0.543. The van der Waals surface area contributed by atoms with E-state index in [2.05, 4.69) is 10.6 Å². The first-order chi connectivity index (χ1) is 10.2. The maximum atomic E-state index is 13.0. The van der Waals surface area contributed by atoms with Crippen molar-refractivity contribution in [1.29, 1.82) is 0 Å². The van der Waals surface area contributed by atoms with E-state index in [0.717, 1.165) is 6.07 Å². The van der Waals surface area contributed by atoms with Crippen molar-refractivity contribution in [3.05, 3.63) is 29.0 Å². The average molecular weight is 330 g/mol. The molecule has 5 nitrogen and oxygen atoms in total. The molecule has 0 aromatic heterocycles. The predicted molar refractivity (Wildman–Crippen MR) is 85.4 cm³/mol. The van der Waals surface area contributed by atoms with Crippen LogP contribution >= 0.6 is 11.6 Å². The second kappa shape index (κ2) is 8.10. The normalized spacial score (nSPS) is 12.4. The summed E-state index contributed by atoms with van der Waals surface area (Å²) in [6, 6.07) is 3.24. The van der Waals surface area contributed by atoms with Crippen LogP contribution in [-0.4, -0.2) is 42.4 Å². The monoisotopic (exact) mass is 329 g/mol. The van der Waals surface area contributed by atoms with Crippen molar-refractivity contribution < 1.29 is 14.0 Å². The Labute approximate surface area is 134 Å². The van der Waals surface area contributed by atoms with Gasteiger partial charge in [0.25, 0.3) is 0 Å². The van der Waals surface area contributed by atoms with Gasteiger partial charge < -0.3 is 10.6 Å². The molecule has 0 aliphatic rings. The summed E-state index contributed by atoms with van der Waals surface area (Å²) in [6.07, 6.45) is 0. The molecule has 1 atom stereocenters. The van der Waals surface area contributed by atoms with Crippen molar-refractivity contribution >= 4 is 29.1 Å². The highest BCUT2D eigenvalue weighted by molar-refractivity contribution is 6.33. The highest BCUT2D eigenvalue weighted by Crippen LogP contribution is 2.22. The Kier molecular flexibility index (Phi) is 6.77. The number of rotatable bonds is 6. The zero-order valence-corrected chi connectivity index (χ0v) is 13.9. The second-order valence-corrected chi connectivity index (χ2v) is 5.83. The van der Waals surface area contributed by atoms with E-state index in [1.165, 1.54) is 12.1 Å². The van der Waals surface area contributed by atoms with E-state index in [0.29, 0.717) is 5.69 Å². The molecule has 7 heteroatoms. The molecule has 0 radical (unpaired) electrons. The fourth-order valence-electron chi connectivity index (χ4n) is 1.76. The summed E-state index contributed by atoms with van der Waals surface area (Å²) in [4.78, 5) is 25.5. The first-order valence-electron chi connectivity index (χ1n) is 6.96. The van der Waals surface area contributed by atoms with Gasteiger partial charge >= 0.3 is 0 Å². The lowest BCUT2D eigenvalue weighted by Crippen LogP contribution is -2.46. The molecule has 0 saturated carbocycles. The fraction of sp³-hybridized carbons (Fsp3) is 0.467. The molecule has 0 spiro atoms. The lowest BCUT2D eigenvalue weighted by Gasteiger charge is -2.24. The summed E-state index contributed by atoms with van der Waals surface area (Å²) in [5.41, 5.74) is 0.333. The van der Waals surface area contributed by atoms with Gasteiger partial charge in [-0.2, -0.15) is 0 Å². The number of anilines is 1. The van der Waals surface area contributed by atoms with Crippen LogP contribution in [0.5, 0.6) is 0 Å². The Balaban J connectivity index is 2.62. The van der Waals surface area contributed by atoms with Crippen LogP contribution in [0.1, 0.15) is 20.8 Å². The third-order valence-electron chi connectivity index (χ3n) is 3.07. The Bertz CT molecular complexity index is 552. The molecule has 2 N–H and O–H groups in total. The molecule has 0 unspecified atom stereocenters. The number of nitrogens with one attached hydrogen (secondary N) is 2. The first kappa shape index (κ1) is 18.4. The highest BCUT2D eigenvalue weighted by Gasteiger charge is 2.21. The average Bonchev–Trinajstić information content (AvgIpc) is 2.39. The van der Waals surface area contributed by atoms with Gasteiger partial charge in [0.2, 0.25) is 11.8 Å². The van der Waals surface area contributed by atoms with Crippen molar-refractivity contribution in [2.24, 2.45) is 0 Å². The topological polar surface area (TPSA) is 61.4 Å². The SMILES string of the molecule is CC(C)NC(=O)CN(C)[C@@H](C)C(=O)Nc1ccc(F)cc1Cl. The van der Waals surface area contributed by atoms with Crippen molar-refractivity contribution in [2.45, 2.75) is 32.9 Å². The number of hydrogen-bond donors (Lipinski definition) is 2. The van der Waals surface area contributed by atoms with Crippen molar-refractivity contribution in [3.63, 3.8) is 0 Å². The lowest BCUT2D eigenvalue weighted by atomic mass is 10.2. The number of likely N-dealkylation sites (N-methyl/N-ethyl adjacent to an activating group) is 1. The first-order valence-corrected chi connectivity index (χ1v) is 7.34. The minimum absolute atomic E-state index is 0.0445. The lowest BCUT2D eigenvalue weighted by molar-refractivity contribution is -0.125. The molecule has 0 aliphatic carbocycles. The maximum Gasteiger partial charge on any atom is 0.241 e. The van der Waals surface area contributed by atoms with Crippen LogP contribution in [0.15, 0.2) is 18.2 Å². The van der Waals surface area contributed by atoms with Crippen molar-refractivity contribution in [1.82, 2.24) is 10.2 Å². The largest absolute Gasteiger partial charge is 0.353 e. The summed E-state index contributed by atoms with van der Waals surface area (Å²) in [5, 5.41) is 5.50. The van der Waals surface area contributed by atoms with E-state index in [9.17, 15) is 14.0 Å². The molecule has 1 aromatic carbocycles. The van der Waals surface area contributed by atoms with E-state index in [-0.39, 0.29) is 29.4 Å². The molecule has 1 aromatic rings. The Hall–Kier alpha value is -1.66. The zero-order valence-electron chi connectivity index (χ0n) is 13.1. The molecule has 22 heavy (non-hydrogen) atoms. The smallest absolute Gasteiger partial charge is 0.241 e. The second-order valence-electron chi connectivity index (χ2n) is 5.43. The molecule has 122 valence electrons. The standard InChI is InChI=1S/C15H21ClFN3O2/c1-9(2)18-14(21)8-20(4)10(3)15(22)19-13-6-5-11(17)7-12(13)16/h5-7,9-10H,8H2,1-4H3,(H,18,21)(H,19,22)/t10-/m0/s1. The molecule has 0 saturated heterocycles. The third-order valence-corrected chi connectivity index (χ3v) is 3.38. The minimum Gasteiger partial charge on any atom is -0.353 e. The summed E-state index contributed by atoms with van der Waals surface area (Å²) in [7, 11) is 1.68. The number of carbonyl (C=O) groups is 2. The molecule has 0 aliphatic heterocycles. The number of nitrogens with zero attached hydrogens (tertiary/aromatic N) is 1. The van der Waals surface area contributed by atoms with Crippen LogP contribution < -0.4 is 10.6 Å². The number of benzene rings is 1. The van der Waals surface area contributed by atoms with Crippen molar-refractivity contribution in [2.75, 3.05) is 18.9 Å². The van der Waals surface area contributed by atoms with Gasteiger partial charge in [0.15, 0.2) is 0 Å². The Morgan fingerprint density at radius 2 is 1.95 bits per heavy atom. The van der Waals surface area contributed by atoms with Crippen molar-refractivity contribution in [3.8, 4) is 0 Å². The summed E-state index contributed by atoms with van der Waals surface area (Å²) < 4.78 is 13.0. The van der Waals surface area contributed by atoms with E-state index in [1.807, 2.05) is 13.8 Å². The van der Waals surface area contributed by atoms with Crippen LogP contribution in [0.2, 0.25) is 5.02 Å². The van der Waals surface area contributed by atoms with Gasteiger partial charge in [-0.1, -0.05) is 11.6 Å². The molecule has 0 bridgehead atoms. The molecular weight excluding hydrogens is 309 g/mol. The van der Waals surface area contributed by atoms with Crippen LogP contribution in [0.3, 0.4) is 0 Å². The van der Waals surface area contributed by atoms with E-state index < -0.39 is 11.9 Å². The highest BCUT2D eigenvalue weighted by atomic mass is 35.5. The van der Waals surface area contributed by atoms with Gasteiger partial charge in [-0.15, -0.1) is 0 Å². The van der Waals surface area contributed by atoms with E-state index in [1.54, 1.807) is 18.9 Å². The predicted octanol–water partition coefficient (Wildman–Crippen LogP) is 2.26. The van der Waals surface area contributed by atoms with E-state index >= 15 is 0 Å². The van der Waals surface area contributed by atoms with Crippen LogP contribution in [0.25, 0.3) is 0 Å². The van der Waals surface area contributed by atoms with Crippen LogP contribution in [0.4, 0.5) is 10.1 Å². The van der Waals surface area contributed by atoms with Gasteiger partial charge in [0.05, 0.1) is 23.3 Å². The number of hydrogen-bond acceptors (Lipinski definition) is 3. The molecule has 2 amide bonds. The Morgan fingerprint density at radius 3 is 2.50 bits per heavy atom. The van der Waals surface area contributed by atoms with Crippen LogP contribution in [-0.2, 0) is 9.59 Å². The van der Waals surface area contributed by atoms with Gasteiger partial charge in [-0.25, -0.2) is 4.39 Å².